The maximum atomic E-state index is 12.4. The molecule has 0 fully saturated rings. The van der Waals surface area contributed by atoms with Gasteiger partial charge in [-0.3, -0.25) is 14.3 Å². The molecule has 0 saturated carbocycles. The molecule has 1 atom stereocenters. The molecule has 0 bridgehead atoms. The zero-order chi connectivity index (χ0) is 22.0. The van der Waals surface area contributed by atoms with Crippen molar-refractivity contribution in [3.05, 3.63) is 46.2 Å². The molecule has 30 heavy (non-hydrogen) atoms. The molecule has 9 nitrogen and oxygen atoms in total. The van der Waals surface area contributed by atoms with Crippen molar-refractivity contribution in [3.8, 4) is 0 Å². The topological polar surface area (TPSA) is 120 Å². The average Bonchev–Trinajstić information content (AvgIpc) is 3.22. The van der Waals surface area contributed by atoms with Gasteiger partial charge in [-0.05, 0) is 51.7 Å². The van der Waals surface area contributed by atoms with E-state index in [9.17, 15) is 9.59 Å². The predicted molar refractivity (Wildman–Crippen MR) is 113 cm³/mol. The van der Waals surface area contributed by atoms with Crippen LogP contribution in [-0.4, -0.2) is 42.7 Å². The van der Waals surface area contributed by atoms with E-state index in [0.717, 1.165) is 34.9 Å². The fourth-order valence-electron chi connectivity index (χ4n) is 3.68. The van der Waals surface area contributed by atoms with Crippen LogP contribution >= 0.6 is 0 Å². The third-order valence-electron chi connectivity index (χ3n) is 5.31. The van der Waals surface area contributed by atoms with Gasteiger partial charge in [-0.1, -0.05) is 6.92 Å². The first-order chi connectivity index (χ1) is 14.2. The molecule has 2 amide bonds. The monoisotopic (exact) mass is 411 g/mol. The Balaban J connectivity index is 1.58. The second-order valence-electron chi connectivity index (χ2n) is 7.94. The van der Waals surface area contributed by atoms with E-state index in [1.165, 1.54) is 6.20 Å². The lowest BCUT2D eigenvalue weighted by Crippen LogP contribution is -2.30. The summed E-state index contributed by atoms with van der Waals surface area (Å²) >= 11 is 0. The molecule has 3 heterocycles. The Labute approximate surface area is 175 Å². The summed E-state index contributed by atoms with van der Waals surface area (Å²) in [7, 11) is 0. The van der Waals surface area contributed by atoms with Crippen molar-refractivity contribution in [1.29, 1.82) is 0 Å². The summed E-state index contributed by atoms with van der Waals surface area (Å²) in [6.45, 7) is 11.2. The molecular weight excluding hydrogens is 382 g/mol. The Morgan fingerprint density at radius 1 is 1.23 bits per heavy atom. The highest BCUT2D eigenvalue weighted by atomic mass is 16.1. The summed E-state index contributed by atoms with van der Waals surface area (Å²) in [5.41, 5.74) is 10.8. The van der Waals surface area contributed by atoms with E-state index in [1.807, 2.05) is 38.4 Å². The van der Waals surface area contributed by atoms with Crippen LogP contribution in [0.5, 0.6) is 0 Å². The normalized spacial score (nSPS) is 12.3. The third kappa shape index (κ3) is 4.50. The number of primary amides is 1. The number of carbonyl (C=O) groups is 2. The van der Waals surface area contributed by atoms with Crippen LogP contribution in [-0.2, 0) is 17.8 Å². The molecule has 3 N–H and O–H groups in total. The second kappa shape index (κ2) is 8.64. The van der Waals surface area contributed by atoms with E-state index in [2.05, 4.69) is 27.4 Å². The standard InChI is InChI=1S/C21H29N7O2/c1-12(11-27-14(3)8-13(2)26-27)9-23-19(29)7-6-17-15(4)25-21-18(20(22)30)10-24-28(21)16(17)5/h8,10,12H,6-7,9,11H2,1-5H3,(H2,22,30)(H,23,29)/t12-/m0/s1. The molecular formula is C21H29N7O2. The van der Waals surface area contributed by atoms with Crippen LogP contribution in [0.4, 0.5) is 0 Å². The number of aromatic nitrogens is 5. The summed E-state index contributed by atoms with van der Waals surface area (Å²) in [6, 6.07) is 2.05. The Kier molecular flexibility index (Phi) is 6.19. The van der Waals surface area contributed by atoms with Crippen molar-refractivity contribution < 1.29 is 9.59 Å². The molecule has 0 aromatic carbocycles. The molecule has 0 saturated heterocycles. The molecule has 3 rings (SSSR count). The van der Waals surface area contributed by atoms with Gasteiger partial charge in [0.1, 0.15) is 5.56 Å². The van der Waals surface area contributed by atoms with E-state index >= 15 is 0 Å². The molecule has 0 aliphatic rings. The van der Waals surface area contributed by atoms with Crippen molar-refractivity contribution >= 4 is 17.5 Å². The molecule has 3 aromatic heterocycles. The second-order valence-corrected chi connectivity index (χ2v) is 7.94. The van der Waals surface area contributed by atoms with Gasteiger partial charge in [-0.25, -0.2) is 9.50 Å². The van der Waals surface area contributed by atoms with Crippen LogP contribution < -0.4 is 11.1 Å². The maximum Gasteiger partial charge on any atom is 0.254 e. The van der Waals surface area contributed by atoms with Crippen LogP contribution in [0.25, 0.3) is 5.65 Å². The number of hydrogen-bond acceptors (Lipinski definition) is 5. The fourth-order valence-corrected chi connectivity index (χ4v) is 3.68. The molecule has 0 radical (unpaired) electrons. The Morgan fingerprint density at radius 3 is 2.60 bits per heavy atom. The number of aryl methyl sites for hydroxylation is 4. The van der Waals surface area contributed by atoms with Crippen molar-refractivity contribution in [2.24, 2.45) is 11.7 Å². The first-order valence-corrected chi connectivity index (χ1v) is 10.1. The van der Waals surface area contributed by atoms with E-state index in [4.69, 9.17) is 5.73 Å². The highest BCUT2D eigenvalue weighted by Crippen LogP contribution is 2.18. The van der Waals surface area contributed by atoms with E-state index in [1.54, 1.807) is 4.52 Å². The zero-order valence-electron chi connectivity index (χ0n) is 18.2. The molecule has 0 aliphatic carbocycles. The molecule has 0 unspecified atom stereocenters. The first-order valence-electron chi connectivity index (χ1n) is 10.1. The van der Waals surface area contributed by atoms with Crippen LogP contribution in [0.2, 0.25) is 0 Å². The van der Waals surface area contributed by atoms with Crippen molar-refractivity contribution in [2.75, 3.05) is 6.54 Å². The van der Waals surface area contributed by atoms with Gasteiger partial charge in [0.05, 0.1) is 11.9 Å². The highest BCUT2D eigenvalue weighted by Gasteiger charge is 2.17. The van der Waals surface area contributed by atoms with Gasteiger partial charge < -0.3 is 11.1 Å². The fraction of sp³-hybridized carbons (Fsp3) is 0.476. The number of carbonyl (C=O) groups excluding carboxylic acids is 2. The SMILES string of the molecule is Cc1cc(C)n(C[C@@H](C)CNC(=O)CCc2c(C)nc3c(C(N)=O)cnn3c2C)n1. The summed E-state index contributed by atoms with van der Waals surface area (Å²) in [5.74, 6) is -0.296. The summed E-state index contributed by atoms with van der Waals surface area (Å²) in [6.07, 6.45) is 2.33. The van der Waals surface area contributed by atoms with Crippen LogP contribution in [0.3, 0.4) is 0 Å². The lowest BCUT2D eigenvalue weighted by atomic mass is 10.1. The van der Waals surface area contributed by atoms with E-state index in [0.29, 0.717) is 30.6 Å². The molecule has 9 heteroatoms. The summed E-state index contributed by atoms with van der Waals surface area (Å²) in [5, 5.41) is 11.7. The number of nitrogens with two attached hydrogens (primary N) is 1. The van der Waals surface area contributed by atoms with Crippen LogP contribution in [0, 0.1) is 33.6 Å². The molecule has 3 aromatic rings. The third-order valence-corrected chi connectivity index (χ3v) is 5.31. The van der Waals surface area contributed by atoms with Crippen molar-refractivity contribution in [1.82, 2.24) is 29.7 Å². The van der Waals surface area contributed by atoms with Crippen molar-refractivity contribution in [3.63, 3.8) is 0 Å². The molecule has 0 spiro atoms. The van der Waals surface area contributed by atoms with Gasteiger partial charge in [0, 0.05) is 36.6 Å². The Morgan fingerprint density at radius 2 is 1.97 bits per heavy atom. The zero-order valence-corrected chi connectivity index (χ0v) is 18.2. The number of fused-ring (bicyclic) bond motifs is 1. The Hall–Kier alpha value is -3.23. The van der Waals surface area contributed by atoms with Gasteiger partial charge >= 0.3 is 0 Å². The number of rotatable bonds is 8. The minimum Gasteiger partial charge on any atom is -0.365 e. The average molecular weight is 412 g/mol. The molecule has 160 valence electrons. The number of nitrogens with zero attached hydrogens (tertiary/aromatic N) is 5. The van der Waals surface area contributed by atoms with E-state index in [-0.39, 0.29) is 11.8 Å². The van der Waals surface area contributed by atoms with Gasteiger partial charge in [0.25, 0.3) is 5.91 Å². The van der Waals surface area contributed by atoms with Crippen LogP contribution in [0.1, 0.15) is 52.0 Å². The van der Waals surface area contributed by atoms with Gasteiger partial charge in [0.15, 0.2) is 5.65 Å². The predicted octanol–water partition coefficient (Wildman–Crippen LogP) is 1.64. The number of hydrogen-bond donors (Lipinski definition) is 2. The largest absolute Gasteiger partial charge is 0.365 e. The number of amides is 2. The lowest BCUT2D eigenvalue weighted by Gasteiger charge is -2.15. The molecule has 0 aliphatic heterocycles. The minimum absolute atomic E-state index is 0.00703. The van der Waals surface area contributed by atoms with E-state index < -0.39 is 5.91 Å². The van der Waals surface area contributed by atoms with Crippen molar-refractivity contribution in [2.45, 2.75) is 54.0 Å². The lowest BCUT2D eigenvalue weighted by molar-refractivity contribution is -0.121. The Bertz CT molecular complexity index is 1100. The smallest absolute Gasteiger partial charge is 0.254 e. The number of nitrogens with one attached hydrogen (secondary N) is 1. The maximum absolute atomic E-state index is 12.4. The minimum atomic E-state index is -0.557. The first kappa shape index (κ1) is 21.5. The van der Waals surface area contributed by atoms with Crippen LogP contribution in [0.15, 0.2) is 12.3 Å². The highest BCUT2D eigenvalue weighted by molar-refractivity contribution is 5.98. The summed E-state index contributed by atoms with van der Waals surface area (Å²) in [4.78, 5) is 28.4. The van der Waals surface area contributed by atoms with Gasteiger partial charge in [-0.15, -0.1) is 0 Å². The van der Waals surface area contributed by atoms with Gasteiger partial charge in [-0.2, -0.15) is 10.2 Å². The summed E-state index contributed by atoms with van der Waals surface area (Å²) < 4.78 is 3.58. The quantitative estimate of drug-likeness (QED) is 0.584. The van der Waals surface area contributed by atoms with Gasteiger partial charge in [0.2, 0.25) is 5.91 Å².